The second kappa shape index (κ2) is 23.8. The summed E-state index contributed by atoms with van der Waals surface area (Å²) >= 11 is 0. The zero-order valence-electron chi connectivity index (χ0n) is 26.1. The number of hydrazine groups is 1. The number of hydrogen-bond acceptors (Lipinski definition) is 19. The molecule has 0 aliphatic heterocycles. The van der Waals surface area contributed by atoms with Crippen LogP contribution in [0.25, 0.3) is 0 Å². The van der Waals surface area contributed by atoms with Crippen LogP contribution >= 0.6 is 21.6 Å². The molecule has 0 aliphatic carbocycles. The van der Waals surface area contributed by atoms with Crippen molar-refractivity contribution in [2.24, 2.45) is 5.84 Å². The number of carboxylic acids is 2. The van der Waals surface area contributed by atoms with E-state index in [1.165, 1.54) is 0 Å². The third-order valence-corrected chi connectivity index (χ3v) is 8.61. The average molecular weight is 767 g/mol. The van der Waals surface area contributed by atoms with Crippen LogP contribution < -0.4 is 32.5 Å². The maximum atomic E-state index is 13.2. The first kappa shape index (κ1) is 46.4. The van der Waals surface area contributed by atoms with E-state index in [2.05, 4.69) is 4.74 Å². The number of aliphatic hydroxyl groups is 8. The van der Waals surface area contributed by atoms with Crippen molar-refractivity contribution in [1.29, 1.82) is 0 Å². The molecule has 0 spiro atoms. The lowest BCUT2D eigenvalue weighted by Crippen LogP contribution is -2.64. The first-order chi connectivity index (χ1) is 23.3. The van der Waals surface area contributed by atoms with Gasteiger partial charge in [0.2, 0.25) is 23.6 Å². The highest BCUT2D eigenvalue weighted by Gasteiger charge is 2.41. The Morgan fingerprint density at radius 1 is 0.680 bits per heavy atom. The fourth-order valence-electron chi connectivity index (χ4n) is 3.62. The van der Waals surface area contributed by atoms with Gasteiger partial charge in [-0.25, -0.2) is 15.4 Å². The molecule has 0 aromatic carbocycles. The largest absolute Gasteiger partial charge is 0.481 e. The van der Waals surface area contributed by atoms with E-state index in [4.69, 9.17) is 10.9 Å². The van der Waals surface area contributed by atoms with E-state index in [-0.39, 0.29) is 18.1 Å². The maximum absolute atomic E-state index is 13.2. The van der Waals surface area contributed by atoms with Gasteiger partial charge in [-0.15, -0.1) is 0 Å². The lowest BCUT2D eigenvalue weighted by atomic mass is 9.98. The predicted octanol–water partition coefficient (Wildman–Crippen LogP) is -8.36. The van der Waals surface area contributed by atoms with Crippen LogP contribution in [0.1, 0.15) is 13.3 Å². The van der Waals surface area contributed by atoms with Crippen LogP contribution in [-0.4, -0.2) is 185 Å². The Kier molecular flexibility index (Phi) is 22.1. The summed E-state index contributed by atoms with van der Waals surface area (Å²) in [5.74, 6) is -4.44. The third kappa shape index (κ3) is 16.4. The van der Waals surface area contributed by atoms with Crippen molar-refractivity contribution in [2.45, 2.75) is 74.1 Å². The molecule has 0 radical (unpaired) electrons. The Morgan fingerprint density at radius 3 is 1.58 bits per heavy atom. The van der Waals surface area contributed by atoms with Gasteiger partial charge in [-0.1, -0.05) is 21.6 Å². The van der Waals surface area contributed by atoms with Crippen molar-refractivity contribution in [1.82, 2.24) is 26.7 Å². The molecule has 0 aromatic heterocycles. The van der Waals surface area contributed by atoms with Gasteiger partial charge in [-0.3, -0.25) is 29.4 Å². The van der Waals surface area contributed by atoms with Gasteiger partial charge in [0.25, 0.3) is 0 Å². The quantitative estimate of drug-likeness (QED) is 0.0143. The van der Waals surface area contributed by atoms with Gasteiger partial charge in [-0.05, 0) is 0 Å². The van der Waals surface area contributed by atoms with Gasteiger partial charge in [-0.2, -0.15) is 0 Å². The molecule has 50 heavy (non-hydrogen) atoms. The van der Waals surface area contributed by atoms with Crippen molar-refractivity contribution in [2.75, 3.05) is 31.3 Å². The Hall–Kier alpha value is -3.57. The molecule has 0 heterocycles. The lowest BCUT2D eigenvalue weighted by molar-refractivity contribution is -0.147. The number of aliphatic carboxylic acids is 2. The molecule has 26 heteroatoms. The van der Waals surface area contributed by atoms with Crippen LogP contribution in [0, 0.1) is 0 Å². The Labute approximate surface area is 290 Å². The van der Waals surface area contributed by atoms with Crippen molar-refractivity contribution >= 4 is 63.2 Å². The number of carboxylic acid groups (broad SMARTS) is 2. The van der Waals surface area contributed by atoms with Gasteiger partial charge in [0.1, 0.15) is 67.4 Å². The predicted molar refractivity (Wildman–Crippen MR) is 167 cm³/mol. The summed E-state index contributed by atoms with van der Waals surface area (Å²) in [4.78, 5) is 85.5. The van der Waals surface area contributed by atoms with E-state index in [0.29, 0.717) is 0 Å². The topological polar surface area (TPSA) is 417 Å². The minimum absolute atomic E-state index is 0.137. The zero-order chi connectivity index (χ0) is 38.7. The highest BCUT2D eigenvalue weighted by Crippen LogP contribution is 2.22. The Bertz CT molecular complexity index is 1160. The van der Waals surface area contributed by atoms with Crippen LogP contribution in [0.5, 0.6) is 0 Å². The molecule has 0 aromatic rings. The number of ether oxygens (including phenoxy) is 1. The van der Waals surface area contributed by atoms with Crippen molar-refractivity contribution < 1.29 is 89.4 Å². The molecular weight excluding hydrogens is 724 g/mol. The van der Waals surface area contributed by atoms with Crippen LogP contribution in [0.3, 0.4) is 0 Å². The number of nitrogens with two attached hydrogens (primary N) is 1. The van der Waals surface area contributed by atoms with Crippen LogP contribution in [-0.2, 0) is 33.5 Å². The number of rotatable bonds is 24. The van der Waals surface area contributed by atoms with Gasteiger partial charge >= 0.3 is 18.0 Å². The van der Waals surface area contributed by atoms with Gasteiger partial charge in [0.05, 0.1) is 19.6 Å². The molecular formula is C24H42N6O18S2. The smallest absolute Gasteiger partial charge is 0.421 e. The number of amides is 5. The monoisotopic (exact) mass is 766 g/mol. The average Bonchev–Trinajstić information content (AvgIpc) is 3.06. The number of carbonyl (C=O) groups excluding carboxylic acids is 5. The fraction of sp³-hybridized carbons (Fsp3) is 0.708. The van der Waals surface area contributed by atoms with Crippen LogP contribution in [0.4, 0.5) is 4.79 Å². The van der Waals surface area contributed by atoms with E-state index in [9.17, 15) is 79.5 Å². The number of carbonyl (C=O) groups is 7. The van der Waals surface area contributed by atoms with Crippen LogP contribution in [0.15, 0.2) is 0 Å². The lowest BCUT2D eigenvalue weighted by Gasteiger charge is -2.32. The SMILES string of the molecule is CC(=O)N[C@H](C(=O)N[C@@H](CC(=O)O)C(=O)N[C@H](C(=O)N[C@@H](CSSCCOC(=O)NN)C(=O)O)[C@@H](O)[C@H](O)[C@H](O)CO)[C@@H](O)[C@H](O)[C@H](O)CO. The molecule has 0 unspecified atom stereocenters. The standard InChI is InChI=1S/C24H42N6O18S2/c1-8(33)26-14(18(40)16(38)11(34)5-31)21(43)27-9(4-13(36)37)20(42)29-15(19(41)17(39)12(35)6-32)22(44)28-10(23(45)46)7-50-49-3-2-48-24(47)30-25/h9-12,14-19,31-32,34-35,38-41H,2-7,25H2,1H3,(H,26,33)(H,27,43)(H,28,44)(H,29,42)(H,30,47)(H,36,37)(H,45,46)/t9-,10-,11+,12+,14-,15-,16+,17+,18+,19+/m0/s1. The second-order valence-corrected chi connectivity index (χ2v) is 12.7. The van der Waals surface area contributed by atoms with E-state index in [1.807, 2.05) is 21.3 Å². The maximum Gasteiger partial charge on any atom is 0.421 e. The van der Waals surface area contributed by atoms with Gasteiger partial charge < -0.3 is 77.1 Å². The summed E-state index contributed by atoms with van der Waals surface area (Å²) in [6.45, 7) is -1.56. The summed E-state index contributed by atoms with van der Waals surface area (Å²) < 4.78 is 4.64. The summed E-state index contributed by atoms with van der Waals surface area (Å²) in [6.07, 6.45) is -15.9. The number of nitrogens with one attached hydrogen (secondary N) is 5. The molecule has 0 aliphatic rings. The molecule has 0 saturated heterocycles. The van der Waals surface area contributed by atoms with E-state index < -0.39 is 122 Å². The van der Waals surface area contributed by atoms with Crippen LogP contribution in [0.2, 0.25) is 0 Å². The highest BCUT2D eigenvalue weighted by atomic mass is 33.1. The van der Waals surface area contributed by atoms with Gasteiger partial charge in [0, 0.05) is 18.4 Å². The van der Waals surface area contributed by atoms with E-state index in [0.717, 1.165) is 28.5 Å². The minimum Gasteiger partial charge on any atom is -0.481 e. The number of hydrogen-bond donors (Lipinski definition) is 16. The summed E-state index contributed by atoms with van der Waals surface area (Å²) in [7, 11) is 1.87. The first-order valence-electron chi connectivity index (χ1n) is 14.1. The highest BCUT2D eigenvalue weighted by molar-refractivity contribution is 8.76. The molecule has 5 amide bonds. The Balaban J connectivity index is 6.22. The van der Waals surface area contributed by atoms with Crippen molar-refractivity contribution in [3.63, 3.8) is 0 Å². The molecule has 0 saturated carbocycles. The molecule has 288 valence electrons. The molecule has 0 bridgehead atoms. The van der Waals surface area contributed by atoms with E-state index >= 15 is 0 Å². The van der Waals surface area contributed by atoms with Gasteiger partial charge in [0.15, 0.2) is 0 Å². The first-order valence-corrected chi connectivity index (χ1v) is 16.6. The molecule has 10 atom stereocenters. The molecule has 24 nitrogen and oxygen atoms in total. The molecule has 17 N–H and O–H groups in total. The third-order valence-electron chi connectivity index (χ3n) is 6.23. The summed E-state index contributed by atoms with van der Waals surface area (Å²) in [6, 6.07) is -8.57. The minimum atomic E-state index is -2.52. The zero-order valence-corrected chi connectivity index (χ0v) is 27.8. The van der Waals surface area contributed by atoms with Crippen molar-refractivity contribution in [3.8, 4) is 0 Å². The molecule has 0 fully saturated rings. The Morgan fingerprint density at radius 2 is 1.16 bits per heavy atom. The second-order valence-electron chi connectivity index (χ2n) is 10.1. The molecule has 0 rings (SSSR count). The fourth-order valence-corrected chi connectivity index (χ4v) is 5.60. The van der Waals surface area contributed by atoms with E-state index in [1.54, 1.807) is 5.43 Å². The number of aliphatic hydroxyl groups excluding tert-OH is 8. The van der Waals surface area contributed by atoms with Crippen molar-refractivity contribution in [3.05, 3.63) is 0 Å². The normalized spacial score (nSPS) is 17.2. The summed E-state index contributed by atoms with van der Waals surface area (Å²) in [5.41, 5.74) is 1.71. The summed E-state index contributed by atoms with van der Waals surface area (Å²) in [5, 5.41) is 105.